The molecular weight excluding hydrogens is 224 g/mol. The van der Waals surface area contributed by atoms with Crippen LogP contribution in [0, 0.1) is 0 Å². The zero-order chi connectivity index (χ0) is 13.8. The molecule has 0 radical (unpaired) electrons. The second-order valence-corrected chi connectivity index (χ2v) is 4.81. The summed E-state index contributed by atoms with van der Waals surface area (Å²) >= 11 is 0. The molecular formula is C14H32N4. The molecule has 0 unspecified atom stereocenters. The van der Waals surface area contributed by atoms with Gasteiger partial charge in [0.25, 0.3) is 0 Å². The Morgan fingerprint density at radius 2 is 1.56 bits per heavy atom. The standard InChI is InChI=1S/C7H15N.C6H12N2.CH5N/c1-8-7-5-3-2-4-6-7;1-6(7)8-4-2-3-5-8;1-2/h7-8H,2-6H2,1H3;1-5,7H2;2H2,1H3. The van der Waals surface area contributed by atoms with Crippen LogP contribution in [-0.2, 0) is 0 Å². The molecule has 0 spiro atoms. The first kappa shape index (κ1) is 17.3. The first-order valence-electron chi connectivity index (χ1n) is 7.18. The molecule has 1 saturated heterocycles. The smallest absolute Gasteiger partial charge is 0.0912 e. The maximum atomic E-state index is 5.43. The van der Waals surface area contributed by atoms with E-state index in [2.05, 4.69) is 29.6 Å². The summed E-state index contributed by atoms with van der Waals surface area (Å²) in [4.78, 5) is 2.11. The molecule has 4 heteroatoms. The van der Waals surface area contributed by atoms with Crippen LogP contribution in [0.15, 0.2) is 12.4 Å². The van der Waals surface area contributed by atoms with Crippen molar-refractivity contribution in [2.75, 3.05) is 27.2 Å². The van der Waals surface area contributed by atoms with Crippen molar-refractivity contribution in [2.24, 2.45) is 11.5 Å². The monoisotopic (exact) mass is 256 g/mol. The van der Waals surface area contributed by atoms with Gasteiger partial charge in [-0.3, -0.25) is 0 Å². The van der Waals surface area contributed by atoms with Crippen LogP contribution in [-0.4, -0.2) is 38.1 Å². The van der Waals surface area contributed by atoms with Gasteiger partial charge in [-0.15, -0.1) is 0 Å². The van der Waals surface area contributed by atoms with Gasteiger partial charge in [-0.1, -0.05) is 25.8 Å². The van der Waals surface area contributed by atoms with E-state index < -0.39 is 0 Å². The number of nitrogens with one attached hydrogen (secondary N) is 1. The molecule has 108 valence electrons. The van der Waals surface area contributed by atoms with Crippen molar-refractivity contribution >= 4 is 0 Å². The van der Waals surface area contributed by atoms with Gasteiger partial charge < -0.3 is 21.7 Å². The van der Waals surface area contributed by atoms with Crippen LogP contribution < -0.4 is 16.8 Å². The van der Waals surface area contributed by atoms with Gasteiger partial charge in [-0.05, 0) is 39.8 Å². The number of hydrogen-bond acceptors (Lipinski definition) is 4. The molecule has 5 N–H and O–H groups in total. The van der Waals surface area contributed by atoms with Crippen LogP contribution in [0.25, 0.3) is 0 Å². The zero-order valence-corrected chi connectivity index (χ0v) is 12.3. The lowest BCUT2D eigenvalue weighted by molar-refractivity contribution is 0.394. The van der Waals surface area contributed by atoms with Gasteiger partial charge in [0.15, 0.2) is 0 Å². The van der Waals surface area contributed by atoms with Crippen LogP contribution >= 0.6 is 0 Å². The Morgan fingerprint density at radius 3 is 1.83 bits per heavy atom. The summed E-state index contributed by atoms with van der Waals surface area (Å²) in [5.74, 6) is 0.725. The average molecular weight is 256 g/mol. The van der Waals surface area contributed by atoms with Crippen LogP contribution in [0.2, 0.25) is 0 Å². The molecule has 2 rings (SSSR count). The first-order chi connectivity index (χ1) is 8.74. The van der Waals surface area contributed by atoms with E-state index in [-0.39, 0.29) is 0 Å². The van der Waals surface area contributed by atoms with Gasteiger partial charge in [-0.2, -0.15) is 0 Å². The zero-order valence-electron chi connectivity index (χ0n) is 12.3. The molecule has 18 heavy (non-hydrogen) atoms. The van der Waals surface area contributed by atoms with Gasteiger partial charge >= 0.3 is 0 Å². The number of hydrogen-bond donors (Lipinski definition) is 3. The van der Waals surface area contributed by atoms with Crippen molar-refractivity contribution in [3.63, 3.8) is 0 Å². The minimum absolute atomic E-state index is 0.725. The normalized spacial score (nSPS) is 19.4. The number of likely N-dealkylation sites (tertiary alicyclic amines) is 1. The van der Waals surface area contributed by atoms with Crippen molar-refractivity contribution in [1.82, 2.24) is 10.2 Å². The van der Waals surface area contributed by atoms with Crippen LogP contribution in [0.3, 0.4) is 0 Å². The molecule has 0 aromatic rings. The van der Waals surface area contributed by atoms with Crippen molar-refractivity contribution in [1.29, 1.82) is 0 Å². The van der Waals surface area contributed by atoms with E-state index in [0.717, 1.165) is 25.0 Å². The fraction of sp³-hybridized carbons (Fsp3) is 0.857. The van der Waals surface area contributed by atoms with Gasteiger partial charge in [0.1, 0.15) is 0 Å². The Bertz CT molecular complexity index is 194. The SMILES string of the molecule is C=C(N)N1CCCC1.CN.CNC1CCCCC1. The van der Waals surface area contributed by atoms with E-state index in [1.165, 1.54) is 52.0 Å². The van der Waals surface area contributed by atoms with Gasteiger partial charge in [0.2, 0.25) is 0 Å². The molecule has 0 amide bonds. The first-order valence-corrected chi connectivity index (χ1v) is 7.18. The number of nitrogens with two attached hydrogens (primary N) is 2. The number of rotatable bonds is 2. The largest absolute Gasteiger partial charge is 0.386 e. The van der Waals surface area contributed by atoms with Crippen molar-refractivity contribution < 1.29 is 0 Å². The highest BCUT2D eigenvalue weighted by molar-refractivity contribution is 4.88. The Labute approximate surface area is 113 Å². The van der Waals surface area contributed by atoms with Crippen molar-refractivity contribution in [3.8, 4) is 0 Å². The molecule has 2 aliphatic rings. The van der Waals surface area contributed by atoms with E-state index in [1.807, 2.05) is 0 Å². The highest BCUT2D eigenvalue weighted by atomic mass is 15.2. The lowest BCUT2D eigenvalue weighted by Gasteiger charge is -2.20. The molecule has 1 aliphatic heterocycles. The fourth-order valence-corrected chi connectivity index (χ4v) is 2.40. The second-order valence-electron chi connectivity index (χ2n) is 4.81. The molecule has 0 aromatic carbocycles. The summed E-state index contributed by atoms with van der Waals surface area (Å²) in [5.41, 5.74) is 9.93. The van der Waals surface area contributed by atoms with Gasteiger partial charge in [0.05, 0.1) is 5.82 Å². The lowest BCUT2D eigenvalue weighted by atomic mass is 9.96. The minimum atomic E-state index is 0.725. The minimum Gasteiger partial charge on any atom is -0.386 e. The van der Waals surface area contributed by atoms with E-state index in [4.69, 9.17) is 5.73 Å². The second kappa shape index (κ2) is 11.4. The molecule has 4 nitrogen and oxygen atoms in total. The van der Waals surface area contributed by atoms with Gasteiger partial charge in [0, 0.05) is 19.1 Å². The third-order valence-corrected chi connectivity index (χ3v) is 3.53. The Morgan fingerprint density at radius 1 is 1.06 bits per heavy atom. The Balaban J connectivity index is 0.000000283. The molecule has 0 atom stereocenters. The van der Waals surface area contributed by atoms with Crippen LogP contribution in [0.5, 0.6) is 0 Å². The highest BCUT2D eigenvalue weighted by Gasteiger charge is 2.09. The third-order valence-electron chi connectivity index (χ3n) is 3.53. The maximum Gasteiger partial charge on any atom is 0.0912 e. The maximum absolute atomic E-state index is 5.43. The quantitative estimate of drug-likeness (QED) is 0.702. The fourth-order valence-electron chi connectivity index (χ4n) is 2.40. The summed E-state index contributed by atoms with van der Waals surface area (Å²) in [6, 6.07) is 0.837. The van der Waals surface area contributed by atoms with Crippen molar-refractivity contribution in [3.05, 3.63) is 12.4 Å². The molecule has 0 bridgehead atoms. The molecule has 2 fully saturated rings. The summed E-state index contributed by atoms with van der Waals surface area (Å²) in [5, 5.41) is 3.30. The topological polar surface area (TPSA) is 67.3 Å². The van der Waals surface area contributed by atoms with Gasteiger partial charge in [-0.25, -0.2) is 0 Å². The predicted octanol–water partition coefficient (Wildman–Crippen LogP) is 1.63. The summed E-state index contributed by atoms with van der Waals surface area (Å²) in [6.07, 6.45) is 9.68. The lowest BCUT2D eigenvalue weighted by Crippen LogP contribution is -2.26. The third kappa shape index (κ3) is 7.56. The van der Waals surface area contributed by atoms with E-state index in [0.29, 0.717) is 0 Å². The Kier molecular flexibility index (Phi) is 10.9. The Hall–Kier alpha value is -0.740. The summed E-state index contributed by atoms with van der Waals surface area (Å²) < 4.78 is 0. The number of nitrogens with zero attached hydrogens (tertiary/aromatic N) is 1. The summed E-state index contributed by atoms with van der Waals surface area (Å²) in [7, 11) is 3.57. The molecule has 0 aromatic heterocycles. The predicted molar refractivity (Wildman–Crippen MR) is 80.2 cm³/mol. The average Bonchev–Trinajstić information content (AvgIpc) is 2.97. The highest BCUT2D eigenvalue weighted by Crippen LogP contribution is 2.16. The van der Waals surface area contributed by atoms with Crippen LogP contribution in [0.1, 0.15) is 44.9 Å². The van der Waals surface area contributed by atoms with Crippen molar-refractivity contribution in [2.45, 2.75) is 51.0 Å². The van der Waals surface area contributed by atoms with E-state index >= 15 is 0 Å². The molecule has 1 aliphatic carbocycles. The molecule has 1 saturated carbocycles. The molecule has 1 heterocycles. The summed E-state index contributed by atoms with van der Waals surface area (Å²) in [6.45, 7) is 5.85. The van der Waals surface area contributed by atoms with E-state index in [9.17, 15) is 0 Å². The van der Waals surface area contributed by atoms with Crippen LogP contribution in [0.4, 0.5) is 0 Å². The van der Waals surface area contributed by atoms with E-state index in [1.54, 1.807) is 0 Å².